The van der Waals surface area contributed by atoms with Crippen molar-refractivity contribution in [2.45, 2.75) is 24.0 Å². The van der Waals surface area contributed by atoms with Crippen LogP contribution < -0.4 is 9.80 Å². The molecule has 3 aliphatic rings. The normalized spacial score (nSPS) is 27.3. The van der Waals surface area contributed by atoms with Gasteiger partial charge in [0.05, 0.1) is 17.2 Å². The zero-order valence-corrected chi connectivity index (χ0v) is 18.5. The van der Waals surface area contributed by atoms with Crippen molar-refractivity contribution >= 4 is 40.2 Å². The van der Waals surface area contributed by atoms with E-state index < -0.39 is 28.1 Å². The number of hydrogen-bond donors (Lipinski definition) is 0. The fraction of sp³-hybridized carbons (Fsp3) is 0.318. The highest BCUT2D eigenvalue weighted by Crippen LogP contribution is 2.65. The number of aliphatic imine (C=N–C) groups is 1. The predicted molar refractivity (Wildman–Crippen MR) is 121 cm³/mol. The summed E-state index contributed by atoms with van der Waals surface area (Å²) in [5, 5.41) is 13.0. The first kappa shape index (κ1) is 20.5. The van der Waals surface area contributed by atoms with Gasteiger partial charge in [0.25, 0.3) is 5.91 Å². The van der Waals surface area contributed by atoms with E-state index in [1.807, 2.05) is 6.07 Å². The lowest BCUT2D eigenvalue weighted by Crippen LogP contribution is -2.62. The van der Waals surface area contributed by atoms with E-state index in [-0.39, 0.29) is 17.6 Å². The molecule has 0 fully saturated rings. The summed E-state index contributed by atoms with van der Waals surface area (Å²) >= 11 is 1.07. The molecular weight excluding hydrogens is 432 g/mol. The lowest BCUT2D eigenvalue weighted by Gasteiger charge is -2.32. The number of amides is 2. The molecule has 3 atom stereocenters. The van der Waals surface area contributed by atoms with Gasteiger partial charge in [-0.05, 0) is 30.9 Å². The van der Waals surface area contributed by atoms with Crippen molar-refractivity contribution in [3.63, 3.8) is 0 Å². The van der Waals surface area contributed by atoms with Gasteiger partial charge < -0.3 is 9.64 Å². The van der Waals surface area contributed by atoms with Crippen LogP contribution >= 0.6 is 11.8 Å². The second kappa shape index (κ2) is 6.80. The lowest BCUT2D eigenvalue weighted by atomic mass is 9.73. The van der Waals surface area contributed by atoms with Crippen LogP contribution in [0.25, 0.3) is 0 Å². The molecule has 1 spiro atoms. The fourth-order valence-corrected chi connectivity index (χ4v) is 6.17. The molecule has 0 radical (unpaired) electrons. The average molecular weight is 452 g/mol. The summed E-state index contributed by atoms with van der Waals surface area (Å²) in [4.78, 5) is 46.8. The molecule has 0 aliphatic carbocycles. The van der Waals surface area contributed by atoms with E-state index in [2.05, 4.69) is 0 Å². The largest absolute Gasteiger partial charge is 0.449 e. The number of hydrogen-bond acceptors (Lipinski definition) is 7. The number of nitro groups is 1. The van der Waals surface area contributed by atoms with Gasteiger partial charge in [0.2, 0.25) is 0 Å². The molecule has 0 saturated heterocycles. The topological polar surface area (TPSA) is 105 Å². The number of para-hydroxylation sites is 2. The Morgan fingerprint density at radius 2 is 1.88 bits per heavy atom. The number of thioether (sulfide) groups is 1. The van der Waals surface area contributed by atoms with Crippen LogP contribution in [0.5, 0.6) is 0 Å². The molecule has 32 heavy (non-hydrogen) atoms. The van der Waals surface area contributed by atoms with E-state index in [9.17, 15) is 19.7 Å². The van der Waals surface area contributed by atoms with Crippen molar-refractivity contribution in [3.05, 3.63) is 69.8 Å². The van der Waals surface area contributed by atoms with Crippen molar-refractivity contribution in [2.24, 2.45) is 4.99 Å². The highest BCUT2D eigenvalue weighted by molar-refractivity contribution is 8.13. The molecule has 10 heteroatoms. The molecule has 2 aromatic rings. The first-order valence-corrected chi connectivity index (χ1v) is 11.3. The number of anilines is 2. The molecule has 0 aromatic heterocycles. The minimum absolute atomic E-state index is 0.0529. The first-order chi connectivity index (χ1) is 15.4. The maximum Gasteiger partial charge on any atom is 0.420 e. The number of carbonyl (C=O) groups excluding carboxylic acids is 2. The van der Waals surface area contributed by atoms with Crippen LogP contribution in [0.3, 0.4) is 0 Å². The van der Waals surface area contributed by atoms with Gasteiger partial charge in [-0.15, -0.1) is 11.8 Å². The van der Waals surface area contributed by atoms with Crippen molar-refractivity contribution in [3.8, 4) is 0 Å². The Labute approximate surface area is 188 Å². The van der Waals surface area contributed by atoms with E-state index in [0.29, 0.717) is 22.5 Å². The van der Waals surface area contributed by atoms with Gasteiger partial charge >= 0.3 is 11.8 Å². The fourth-order valence-electron chi connectivity index (χ4n) is 5.35. The summed E-state index contributed by atoms with van der Waals surface area (Å²) in [5.74, 6) is -1.41. The zero-order valence-electron chi connectivity index (χ0n) is 17.6. The molecule has 0 N–H and O–H groups in total. The number of benzene rings is 2. The number of fused-ring (bicyclic) bond motifs is 6. The quantitative estimate of drug-likeness (QED) is 0.511. The maximum absolute atomic E-state index is 13.8. The Balaban J connectivity index is 1.90. The second-order valence-electron chi connectivity index (χ2n) is 7.78. The molecule has 164 valence electrons. The number of ether oxygens (including phenoxy) is 1. The third-order valence-electron chi connectivity index (χ3n) is 6.47. The highest BCUT2D eigenvalue weighted by atomic mass is 32.2. The minimum Gasteiger partial charge on any atom is -0.449 e. The Morgan fingerprint density at radius 3 is 2.53 bits per heavy atom. The monoisotopic (exact) mass is 452 g/mol. The first-order valence-electron chi connectivity index (χ1n) is 10.1. The van der Waals surface area contributed by atoms with E-state index in [4.69, 9.17) is 9.73 Å². The Bertz CT molecular complexity index is 1220. The van der Waals surface area contributed by atoms with Crippen LogP contribution in [-0.2, 0) is 15.1 Å². The van der Waals surface area contributed by atoms with Crippen molar-refractivity contribution in [2.75, 3.05) is 29.7 Å². The van der Waals surface area contributed by atoms with E-state index in [1.165, 1.54) is 4.90 Å². The number of nitrogens with zero attached hydrogens (tertiary/aromatic N) is 4. The molecule has 0 saturated carbocycles. The van der Waals surface area contributed by atoms with E-state index >= 15 is 0 Å². The summed E-state index contributed by atoms with van der Waals surface area (Å²) in [6.07, 6.45) is 0.826. The van der Waals surface area contributed by atoms with Gasteiger partial charge in [0.1, 0.15) is 5.92 Å². The molecule has 3 heterocycles. The molecule has 0 bridgehead atoms. The summed E-state index contributed by atoms with van der Waals surface area (Å²) in [6, 6.07) is 14.0. The summed E-state index contributed by atoms with van der Waals surface area (Å²) in [7, 11) is 1.64. The standard InChI is InChI=1S/C22H20N4O5S/c1-4-31-20(28)25-15-11-7-5-9-13(15)17-21(23-18(32-3)22(17,25)26(29)30)14-10-6-8-12-16(14)24(2)19(21)27/h5-12,17H,4H2,1-3H3/t17-,21+,22+/m0/s1. The Kier molecular flexibility index (Phi) is 4.35. The van der Waals surface area contributed by atoms with Crippen LogP contribution in [0, 0.1) is 10.1 Å². The van der Waals surface area contributed by atoms with Crippen LogP contribution in [0.1, 0.15) is 24.0 Å². The van der Waals surface area contributed by atoms with Crippen molar-refractivity contribution in [1.82, 2.24) is 0 Å². The Hall–Kier alpha value is -3.40. The van der Waals surface area contributed by atoms with Gasteiger partial charge in [-0.25, -0.2) is 9.69 Å². The van der Waals surface area contributed by atoms with Crippen LogP contribution in [0.2, 0.25) is 0 Å². The van der Waals surface area contributed by atoms with Crippen LogP contribution in [-0.4, -0.2) is 47.5 Å². The number of likely N-dealkylation sites (N-methyl/N-ethyl adjacent to an activating group) is 1. The molecule has 3 aliphatic heterocycles. The number of rotatable bonds is 2. The minimum atomic E-state index is -2.09. The summed E-state index contributed by atoms with van der Waals surface area (Å²) in [5.41, 5.74) is -1.55. The lowest BCUT2D eigenvalue weighted by molar-refractivity contribution is -0.546. The highest BCUT2D eigenvalue weighted by Gasteiger charge is 2.80. The Morgan fingerprint density at radius 1 is 1.22 bits per heavy atom. The van der Waals surface area contributed by atoms with Gasteiger partial charge in [-0.2, -0.15) is 0 Å². The SMILES string of the molecule is CCOC(=O)N1c2ccccc2[C@H]2[C@@]3(N=C(SC)[C@]21[N+](=O)[O-])C(=O)N(C)c1ccccc13. The van der Waals surface area contributed by atoms with Crippen molar-refractivity contribution < 1.29 is 19.2 Å². The van der Waals surface area contributed by atoms with Gasteiger partial charge in [0.15, 0.2) is 10.6 Å². The van der Waals surface area contributed by atoms with Gasteiger partial charge in [-0.1, -0.05) is 36.4 Å². The molecule has 2 aromatic carbocycles. The molecular formula is C22H20N4O5S. The summed E-state index contributed by atoms with van der Waals surface area (Å²) < 4.78 is 5.25. The van der Waals surface area contributed by atoms with Crippen LogP contribution in [0.4, 0.5) is 16.2 Å². The van der Waals surface area contributed by atoms with E-state index in [1.54, 1.807) is 62.7 Å². The summed E-state index contributed by atoms with van der Waals surface area (Å²) in [6.45, 7) is 1.69. The van der Waals surface area contributed by atoms with Crippen molar-refractivity contribution in [1.29, 1.82) is 0 Å². The molecule has 0 unspecified atom stereocenters. The molecule has 9 nitrogen and oxygen atoms in total. The predicted octanol–water partition coefficient (Wildman–Crippen LogP) is 3.37. The number of carbonyl (C=O) groups is 2. The smallest absolute Gasteiger partial charge is 0.420 e. The van der Waals surface area contributed by atoms with Gasteiger partial charge in [-0.3, -0.25) is 19.9 Å². The zero-order chi connectivity index (χ0) is 22.8. The third-order valence-corrected chi connectivity index (χ3v) is 7.25. The third kappa shape index (κ3) is 2.12. The molecule has 2 amide bonds. The second-order valence-corrected chi connectivity index (χ2v) is 8.57. The molecule has 5 rings (SSSR count). The van der Waals surface area contributed by atoms with Crippen LogP contribution in [0.15, 0.2) is 53.5 Å². The average Bonchev–Trinajstić information content (AvgIpc) is 3.35. The maximum atomic E-state index is 13.8. The van der Waals surface area contributed by atoms with Gasteiger partial charge in [0, 0.05) is 18.3 Å². The van der Waals surface area contributed by atoms with E-state index in [0.717, 1.165) is 16.7 Å².